The zero-order valence-corrected chi connectivity index (χ0v) is 20.1. The van der Waals surface area contributed by atoms with Crippen molar-refractivity contribution in [3.8, 4) is 5.75 Å². The highest BCUT2D eigenvalue weighted by Crippen LogP contribution is 2.37. The monoisotopic (exact) mass is 492 g/mol. The van der Waals surface area contributed by atoms with Gasteiger partial charge in [0.05, 0.1) is 10.6 Å². The Kier molecular flexibility index (Phi) is 7.09. The van der Waals surface area contributed by atoms with Crippen molar-refractivity contribution in [3.63, 3.8) is 0 Å². The minimum Gasteiger partial charge on any atom is -0.483 e. The number of hydrogen-bond acceptors (Lipinski definition) is 5. The standard InChI is InChI=1S/C26H21FN2O3S2/c1-16-6-5-8-21(17(16)2)28-24(30)15-32-22-9-4-3-7-18(22)14-23-25(31)29(26(33)34-23)20-12-10-19(27)11-13-20/h3-14H,15H2,1-2H3,(H,28,30)/b23-14-. The van der Waals surface area contributed by atoms with E-state index in [1.807, 2.05) is 38.1 Å². The van der Waals surface area contributed by atoms with Gasteiger partial charge in [0.25, 0.3) is 11.8 Å². The van der Waals surface area contributed by atoms with Gasteiger partial charge >= 0.3 is 0 Å². The molecular formula is C26H21FN2O3S2. The molecule has 0 saturated carbocycles. The van der Waals surface area contributed by atoms with Gasteiger partial charge in [-0.1, -0.05) is 54.3 Å². The molecule has 172 valence electrons. The van der Waals surface area contributed by atoms with Crippen LogP contribution < -0.4 is 15.0 Å². The van der Waals surface area contributed by atoms with E-state index >= 15 is 0 Å². The van der Waals surface area contributed by atoms with Gasteiger partial charge in [-0.05, 0) is 67.4 Å². The number of ether oxygens (including phenoxy) is 1. The highest BCUT2D eigenvalue weighted by molar-refractivity contribution is 8.27. The number of para-hydroxylation sites is 1. The first-order valence-electron chi connectivity index (χ1n) is 10.4. The van der Waals surface area contributed by atoms with Crippen molar-refractivity contribution in [2.24, 2.45) is 0 Å². The summed E-state index contributed by atoms with van der Waals surface area (Å²) in [7, 11) is 0. The summed E-state index contributed by atoms with van der Waals surface area (Å²) in [5, 5.41) is 2.87. The van der Waals surface area contributed by atoms with Gasteiger partial charge < -0.3 is 10.1 Å². The summed E-state index contributed by atoms with van der Waals surface area (Å²) in [6.07, 6.45) is 1.68. The molecule has 3 aromatic carbocycles. The SMILES string of the molecule is Cc1cccc(NC(=O)COc2ccccc2/C=C2\SC(=S)N(c3ccc(F)cc3)C2=O)c1C. The fourth-order valence-electron chi connectivity index (χ4n) is 3.37. The van der Waals surface area contributed by atoms with Gasteiger partial charge in [-0.15, -0.1) is 0 Å². The summed E-state index contributed by atoms with van der Waals surface area (Å²) in [4.78, 5) is 27.2. The first-order chi connectivity index (χ1) is 16.3. The van der Waals surface area contributed by atoms with Crippen LogP contribution in [-0.2, 0) is 9.59 Å². The number of carbonyl (C=O) groups is 2. The van der Waals surface area contributed by atoms with Gasteiger partial charge in [-0.3, -0.25) is 14.5 Å². The normalized spacial score (nSPS) is 14.6. The third kappa shape index (κ3) is 5.18. The topological polar surface area (TPSA) is 58.6 Å². The smallest absolute Gasteiger partial charge is 0.270 e. The van der Waals surface area contributed by atoms with Gasteiger partial charge in [0, 0.05) is 11.3 Å². The number of hydrogen-bond donors (Lipinski definition) is 1. The van der Waals surface area contributed by atoms with Crippen molar-refractivity contribution < 1.29 is 18.7 Å². The first-order valence-corrected chi connectivity index (χ1v) is 11.7. The Hall–Kier alpha value is -3.49. The molecule has 4 rings (SSSR count). The van der Waals surface area contributed by atoms with Crippen molar-refractivity contribution in [1.29, 1.82) is 0 Å². The van der Waals surface area contributed by atoms with E-state index in [9.17, 15) is 14.0 Å². The van der Waals surface area contributed by atoms with Crippen molar-refractivity contribution in [2.75, 3.05) is 16.8 Å². The zero-order chi connectivity index (χ0) is 24.2. The van der Waals surface area contributed by atoms with Crippen LogP contribution in [0, 0.1) is 19.7 Å². The molecule has 0 spiro atoms. The van der Waals surface area contributed by atoms with Crippen LogP contribution in [0.1, 0.15) is 16.7 Å². The number of aryl methyl sites for hydroxylation is 1. The number of rotatable bonds is 6. The second kappa shape index (κ2) is 10.2. The maximum atomic E-state index is 13.3. The van der Waals surface area contributed by atoms with Gasteiger partial charge in [0.15, 0.2) is 10.9 Å². The lowest BCUT2D eigenvalue weighted by Gasteiger charge is -2.14. The maximum Gasteiger partial charge on any atom is 0.270 e. The van der Waals surface area contributed by atoms with Gasteiger partial charge in [-0.2, -0.15) is 0 Å². The van der Waals surface area contributed by atoms with E-state index in [4.69, 9.17) is 17.0 Å². The number of thioether (sulfide) groups is 1. The minimum atomic E-state index is -0.391. The van der Waals surface area contributed by atoms with Crippen LogP contribution in [0.5, 0.6) is 5.75 Å². The van der Waals surface area contributed by atoms with Crippen molar-refractivity contribution in [2.45, 2.75) is 13.8 Å². The number of benzene rings is 3. The molecular weight excluding hydrogens is 471 g/mol. The molecule has 5 nitrogen and oxygen atoms in total. The molecule has 34 heavy (non-hydrogen) atoms. The van der Waals surface area contributed by atoms with Crippen LogP contribution in [0.25, 0.3) is 6.08 Å². The molecule has 0 aliphatic carbocycles. The number of nitrogens with one attached hydrogen (secondary N) is 1. The summed E-state index contributed by atoms with van der Waals surface area (Å²) >= 11 is 6.53. The predicted octanol–water partition coefficient (Wildman–Crippen LogP) is 5.87. The molecule has 8 heteroatoms. The lowest BCUT2D eigenvalue weighted by molar-refractivity contribution is -0.118. The number of amides is 2. The van der Waals surface area contributed by atoms with Crippen LogP contribution in [-0.4, -0.2) is 22.7 Å². The Labute approximate surface area is 206 Å². The Bertz CT molecular complexity index is 1310. The van der Waals surface area contributed by atoms with Crippen LogP contribution in [0.2, 0.25) is 0 Å². The zero-order valence-electron chi connectivity index (χ0n) is 18.5. The average molecular weight is 493 g/mol. The van der Waals surface area contributed by atoms with Crippen molar-refractivity contribution >= 4 is 57.6 Å². The fourth-order valence-corrected chi connectivity index (χ4v) is 4.66. The van der Waals surface area contributed by atoms with E-state index in [0.29, 0.717) is 26.2 Å². The van der Waals surface area contributed by atoms with E-state index in [-0.39, 0.29) is 18.4 Å². The fraction of sp³-hybridized carbons (Fsp3) is 0.115. The second-order valence-corrected chi connectivity index (χ2v) is 9.29. The molecule has 1 N–H and O–H groups in total. The van der Waals surface area contributed by atoms with Gasteiger partial charge in [0.2, 0.25) is 0 Å². The summed E-state index contributed by atoms with van der Waals surface area (Å²) < 4.78 is 19.4. The Balaban J connectivity index is 1.48. The highest BCUT2D eigenvalue weighted by Gasteiger charge is 2.33. The van der Waals surface area contributed by atoms with Crippen molar-refractivity contribution in [1.82, 2.24) is 0 Å². The van der Waals surface area contributed by atoms with Gasteiger partial charge in [-0.25, -0.2) is 4.39 Å². The number of halogens is 1. The van der Waals surface area contributed by atoms with Crippen LogP contribution in [0.3, 0.4) is 0 Å². The molecule has 1 saturated heterocycles. The molecule has 1 aliphatic rings. The lowest BCUT2D eigenvalue weighted by atomic mass is 10.1. The third-order valence-electron chi connectivity index (χ3n) is 5.32. The second-order valence-electron chi connectivity index (χ2n) is 7.62. The van der Waals surface area contributed by atoms with Gasteiger partial charge in [0.1, 0.15) is 11.6 Å². The largest absolute Gasteiger partial charge is 0.483 e. The van der Waals surface area contributed by atoms with Crippen LogP contribution in [0.15, 0.2) is 71.6 Å². The van der Waals surface area contributed by atoms with E-state index in [1.165, 1.54) is 29.2 Å². The highest BCUT2D eigenvalue weighted by atomic mass is 32.2. The maximum absolute atomic E-state index is 13.3. The molecule has 1 aliphatic heterocycles. The minimum absolute atomic E-state index is 0.186. The summed E-state index contributed by atoms with van der Waals surface area (Å²) in [5.41, 5.74) is 3.97. The Morgan fingerprint density at radius 2 is 1.82 bits per heavy atom. The predicted molar refractivity (Wildman–Crippen MR) is 139 cm³/mol. The molecule has 0 aromatic heterocycles. The average Bonchev–Trinajstić information content (AvgIpc) is 3.09. The van der Waals surface area contributed by atoms with Crippen molar-refractivity contribution in [3.05, 3.63) is 94.1 Å². The molecule has 1 heterocycles. The molecule has 0 radical (unpaired) electrons. The van der Waals surface area contributed by atoms with E-state index < -0.39 is 5.82 Å². The number of carbonyl (C=O) groups excluding carboxylic acids is 2. The lowest BCUT2D eigenvalue weighted by Crippen LogP contribution is -2.27. The molecule has 1 fully saturated rings. The molecule has 0 atom stereocenters. The number of anilines is 2. The Morgan fingerprint density at radius 1 is 1.09 bits per heavy atom. The van der Waals surface area contributed by atoms with E-state index in [0.717, 1.165) is 28.6 Å². The molecule has 0 bridgehead atoms. The third-order valence-corrected chi connectivity index (χ3v) is 6.62. The molecule has 3 aromatic rings. The summed E-state index contributed by atoms with van der Waals surface area (Å²) in [5.74, 6) is -0.515. The van der Waals surface area contributed by atoms with Crippen LogP contribution in [0.4, 0.5) is 15.8 Å². The first kappa shape index (κ1) is 23.7. The van der Waals surface area contributed by atoms with E-state index in [1.54, 1.807) is 24.3 Å². The summed E-state index contributed by atoms with van der Waals surface area (Å²) in [6.45, 7) is 3.74. The Morgan fingerprint density at radius 3 is 2.59 bits per heavy atom. The summed E-state index contributed by atoms with van der Waals surface area (Å²) in [6, 6.07) is 18.4. The van der Waals surface area contributed by atoms with Crippen LogP contribution >= 0.6 is 24.0 Å². The number of nitrogens with zero attached hydrogens (tertiary/aromatic N) is 1. The quantitative estimate of drug-likeness (QED) is 0.345. The molecule has 2 amide bonds. The molecule has 0 unspecified atom stereocenters. The number of thiocarbonyl (C=S) groups is 1. The van der Waals surface area contributed by atoms with E-state index in [2.05, 4.69) is 5.32 Å².